The molecule has 0 aromatic heterocycles. The molecule has 0 aliphatic rings. The average molecular weight is 265 g/mol. The normalized spacial score (nSPS) is 12.5. The molecule has 2 aromatic rings. The fraction of sp³-hybridized carbons (Fsp3) is 0.200. The minimum Gasteiger partial charge on any atom is -0.113 e. The smallest absolute Gasteiger partial charge is 0.0838 e. The standard InChI is InChI=1S/C15H14Cl2/c1-10-6-7-11(2)14(8-10)15(17)12-4-3-5-13(16)9-12/h3-9,15H,1-2H3. The lowest BCUT2D eigenvalue weighted by molar-refractivity contribution is 1.10. The molecular formula is C15H14Cl2. The van der Waals surface area contributed by atoms with Crippen molar-refractivity contribution < 1.29 is 0 Å². The third-order valence-electron chi connectivity index (χ3n) is 2.85. The highest BCUT2D eigenvalue weighted by atomic mass is 35.5. The van der Waals surface area contributed by atoms with Crippen LogP contribution in [0.25, 0.3) is 0 Å². The van der Waals surface area contributed by atoms with Crippen LogP contribution in [0.5, 0.6) is 0 Å². The van der Waals surface area contributed by atoms with Gasteiger partial charge >= 0.3 is 0 Å². The summed E-state index contributed by atoms with van der Waals surface area (Å²) < 4.78 is 0. The minimum absolute atomic E-state index is 0.145. The number of alkyl halides is 1. The Bertz CT molecular complexity index is 532. The molecule has 0 nitrogen and oxygen atoms in total. The first-order valence-electron chi connectivity index (χ1n) is 5.54. The van der Waals surface area contributed by atoms with Crippen molar-refractivity contribution >= 4 is 23.2 Å². The third-order valence-corrected chi connectivity index (χ3v) is 3.57. The van der Waals surface area contributed by atoms with Gasteiger partial charge in [0.15, 0.2) is 0 Å². The molecule has 0 saturated carbocycles. The summed E-state index contributed by atoms with van der Waals surface area (Å²) in [4.78, 5) is 0. The van der Waals surface area contributed by atoms with Gasteiger partial charge in [-0.25, -0.2) is 0 Å². The number of rotatable bonds is 2. The van der Waals surface area contributed by atoms with E-state index >= 15 is 0 Å². The van der Waals surface area contributed by atoms with Crippen LogP contribution in [0.3, 0.4) is 0 Å². The summed E-state index contributed by atoms with van der Waals surface area (Å²) in [6, 6.07) is 14.0. The largest absolute Gasteiger partial charge is 0.113 e. The third kappa shape index (κ3) is 2.83. The minimum atomic E-state index is -0.145. The molecule has 2 rings (SSSR count). The molecular weight excluding hydrogens is 251 g/mol. The van der Waals surface area contributed by atoms with Crippen molar-refractivity contribution in [2.45, 2.75) is 19.2 Å². The van der Waals surface area contributed by atoms with Crippen molar-refractivity contribution in [1.29, 1.82) is 0 Å². The Hall–Kier alpha value is -0.980. The lowest BCUT2D eigenvalue weighted by Crippen LogP contribution is -1.97. The van der Waals surface area contributed by atoms with E-state index < -0.39 is 0 Å². The van der Waals surface area contributed by atoms with Crippen LogP contribution >= 0.6 is 23.2 Å². The molecule has 0 aliphatic carbocycles. The number of halogens is 2. The lowest BCUT2D eigenvalue weighted by atomic mass is 9.98. The van der Waals surface area contributed by atoms with Gasteiger partial charge in [-0.05, 0) is 42.7 Å². The van der Waals surface area contributed by atoms with Gasteiger partial charge in [-0.2, -0.15) is 0 Å². The molecule has 17 heavy (non-hydrogen) atoms. The van der Waals surface area contributed by atoms with Crippen LogP contribution in [-0.2, 0) is 0 Å². The summed E-state index contributed by atoms with van der Waals surface area (Å²) in [6.07, 6.45) is 0. The van der Waals surface area contributed by atoms with Gasteiger partial charge in [0, 0.05) is 5.02 Å². The Balaban J connectivity index is 2.43. The van der Waals surface area contributed by atoms with Crippen LogP contribution in [0.1, 0.15) is 27.6 Å². The van der Waals surface area contributed by atoms with E-state index in [1.807, 2.05) is 24.3 Å². The predicted molar refractivity (Wildman–Crippen MR) is 75.1 cm³/mol. The number of hydrogen-bond acceptors (Lipinski definition) is 0. The van der Waals surface area contributed by atoms with Crippen molar-refractivity contribution in [3.8, 4) is 0 Å². The van der Waals surface area contributed by atoms with Gasteiger partial charge in [0.25, 0.3) is 0 Å². The second-order valence-corrected chi connectivity index (χ2v) is 5.15. The Morgan fingerprint density at radius 3 is 2.47 bits per heavy atom. The zero-order valence-electron chi connectivity index (χ0n) is 9.87. The Morgan fingerprint density at radius 2 is 1.76 bits per heavy atom. The van der Waals surface area contributed by atoms with Crippen molar-refractivity contribution in [3.63, 3.8) is 0 Å². The van der Waals surface area contributed by atoms with Crippen molar-refractivity contribution in [2.24, 2.45) is 0 Å². The van der Waals surface area contributed by atoms with Gasteiger partial charge < -0.3 is 0 Å². The Labute approximate surface area is 112 Å². The van der Waals surface area contributed by atoms with Gasteiger partial charge in [0.2, 0.25) is 0 Å². The highest BCUT2D eigenvalue weighted by molar-refractivity contribution is 6.30. The van der Waals surface area contributed by atoms with Crippen LogP contribution in [0.2, 0.25) is 5.02 Å². The van der Waals surface area contributed by atoms with Crippen molar-refractivity contribution in [3.05, 3.63) is 69.7 Å². The molecule has 88 valence electrons. The highest BCUT2D eigenvalue weighted by Gasteiger charge is 2.13. The van der Waals surface area contributed by atoms with E-state index in [0.29, 0.717) is 0 Å². The van der Waals surface area contributed by atoms with Crippen LogP contribution in [0.15, 0.2) is 42.5 Å². The zero-order valence-corrected chi connectivity index (χ0v) is 11.4. The molecule has 0 saturated heterocycles. The second-order valence-electron chi connectivity index (χ2n) is 4.28. The van der Waals surface area contributed by atoms with E-state index in [4.69, 9.17) is 23.2 Å². The molecule has 0 N–H and O–H groups in total. The second kappa shape index (κ2) is 5.12. The molecule has 1 atom stereocenters. The monoisotopic (exact) mass is 264 g/mol. The lowest BCUT2D eigenvalue weighted by Gasteiger charge is -2.14. The molecule has 0 aliphatic heterocycles. The Kier molecular flexibility index (Phi) is 3.76. The summed E-state index contributed by atoms with van der Waals surface area (Å²) in [5.41, 5.74) is 4.61. The average Bonchev–Trinajstić information content (AvgIpc) is 2.31. The summed E-state index contributed by atoms with van der Waals surface area (Å²) in [7, 11) is 0. The predicted octanol–water partition coefficient (Wildman–Crippen LogP) is 5.29. The van der Waals surface area contributed by atoms with Crippen molar-refractivity contribution in [2.75, 3.05) is 0 Å². The van der Waals surface area contributed by atoms with E-state index in [-0.39, 0.29) is 5.38 Å². The summed E-state index contributed by atoms with van der Waals surface area (Å²) in [5.74, 6) is 0. The summed E-state index contributed by atoms with van der Waals surface area (Å²) >= 11 is 12.5. The van der Waals surface area contributed by atoms with Crippen LogP contribution < -0.4 is 0 Å². The van der Waals surface area contributed by atoms with E-state index in [2.05, 4.69) is 32.0 Å². The Morgan fingerprint density at radius 1 is 1.00 bits per heavy atom. The van der Waals surface area contributed by atoms with E-state index in [1.165, 1.54) is 11.1 Å². The molecule has 0 fully saturated rings. The first kappa shape index (κ1) is 12.5. The van der Waals surface area contributed by atoms with Crippen LogP contribution in [0, 0.1) is 13.8 Å². The maximum Gasteiger partial charge on any atom is 0.0838 e. The molecule has 0 radical (unpaired) electrons. The van der Waals surface area contributed by atoms with Gasteiger partial charge in [0.05, 0.1) is 5.38 Å². The van der Waals surface area contributed by atoms with E-state index in [0.717, 1.165) is 16.1 Å². The molecule has 0 spiro atoms. The van der Waals surface area contributed by atoms with Crippen LogP contribution in [-0.4, -0.2) is 0 Å². The first-order valence-corrected chi connectivity index (χ1v) is 6.36. The van der Waals surface area contributed by atoms with Gasteiger partial charge in [-0.1, -0.05) is 47.5 Å². The maximum atomic E-state index is 6.52. The van der Waals surface area contributed by atoms with Gasteiger partial charge in [-0.15, -0.1) is 11.6 Å². The van der Waals surface area contributed by atoms with Gasteiger partial charge in [0.1, 0.15) is 0 Å². The summed E-state index contributed by atoms with van der Waals surface area (Å²) in [5, 5.41) is 0.576. The zero-order chi connectivity index (χ0) is 12.4. The van der Waals surface area contributed by atoms with Crippen molar-refractivity contribution in [1.82, 2.24) is 0 Å². The SMILES string of the molecule is Cc1ccc(C)c(C(Cl)c2cccc(Cl)c2)c1. The fourth-order valence-corrected chi connectivity index (χ4v) is 2.45. The molecule has 2 heteroatoms. The number of hydrogen-bond donors (Lipinski definition) is 0. The van der Waals surface area contributed by atoms with Crippen LogP contribution in [0.4, 0.5) is 0 Å². The van der Waals surface area contributed by atoms with Gasteiger partial charge in [-0.3, -0.25) is 0 Å². The fourth-order valence-electron chi connectivity index (χ4n) is 1.88. The number of aryl methyl sites for hydroxylation is 2. The number of benzene rings is 2. The molecule has 0 amide bonds. The molecule has 1 unspecified atom stereocenters. The first-order chi connectivity index (χ1) is 8.08. The molecule has 0 heterocycles. The topological polar surface area (TPSA) is 0 Å². The highest BCUT2D eigenvalue weighted by Crippen LogP contribution is 2.32. The molecule has 2 aromatic carbocycles. The quantitative estimate of drug-likeness (QED) is 0.647. The van der Waals surface area contributed by atoms with E-state index in [1.54, 1.807) is 0 Å². The maximum absolute atomic E-state index is 6.52. The van der Waals surface area contributed by atoms with E-state index in [9.17, 15) is 0 Å². The summed E-state index contributed by atoms with van der Waals surface area (Å²) in [6.45, 7) is 4.15. The molecule has 0 bridgehead atoms.